The van der Waals surface area contributed by atoms with Crippen molar-refractivity contribution in [1.29, 1.82) is 0 Å². The molecular formula is C23H31FN4O2. The highest BCUT2D eigenvalue weighted by molar-refractivity contribution is 5.78. The van der Waals surface area contributed by atoms with E-state index in [1.54, 1.807) is 25.1 Å². The van der Waals surface area contributed by atoms with Gasteiger partial charge in [0.15, 0.2) is 0 Å². The summed E-state index contributed by atoms with van der Waals surface area (Å²) in [5.74, 6) is -0.206. The van der Waals surface area contributed by atoms with Crippen molar-refractivity contribution in [2.24, 2.45) is 11.0 Å². The molecule has 0 aromatic heterocycles. The van der Waals surface area contributed by atoms with Crippen molar-refractivity contribution in [3.63, 3.8) is 0 Å². The molecule has 1 aromatic carbocycles. The fraction of sp³-hybridized carbons (Fsp3) is 0.565. The van der Waals surface area contributed by atoms with Crippen LogP contribution in [0.5, 0.6) is 0 Å². The number of benzene rings is 1. The van der Waals surface area contributed by atoms with Crippen molar-refractivity contribution >= 4 is 12.1 Å². The molecule has 0 aliphatic carbocycles. The highest BCUT2D eigenvalue weighted by atomic mass is 19.1. The molecule has 162 valence electrons. The first-order chi connectivity index (χ1) is 14.4. The first kappa shape index (κ1) is 21.0. The molecule has 3 aliphatic rings. The van der Waals surface area contributed by atoms with Crippen LogP contribution < -0.4 is 0 Å². The molecule has 0 N–H and O–H groups in total. The number of carbonyl (C=O) groups excluding carboxylic acids is 1. The van der Waals surface area contributed by atoms with Gasteiger partial charge < -0.3 is 14.5 Å². The van der Waals surface area contributed by atoms with Gasteiger partial charge in [-0.25, -0.2) is 4.39 Å². The van der Waals surface area contributed by atoms with Crippen LogP contribution in [0.15, 0.2) is 29.5 Å². The molecule has 4 rings (SSSR count). The summed E-state index contributed by atoms with van der Waals surface area (Å²) in [4.78, 5) is 16.8. The van der Waals surface area contributed by atoms with Crippen LogP contribution in [0.2, 0.25) is 0 Å². The van der Waals surface area contributed by atoms with Gasteiger partial charge >= 0.3 is 0 Å². The molecule has 0 radical (unpaired) electrons. The summed E-state index contributed by atoms with van der Waals surface area (Å²) < 4.78 is 20.5. The van der Waals surface area contributed by atoms with E-state index in [2.05, 4.69) is 10.0 Å². The quantitative estimate of drug-likeness (QED) is 0.744. The van der Waals surface area contributed by atoms with Crippen LogP contribution >= 0.6 is 0 Å². The van der Waals surface area contributed by atoms with Crippen LogP contribution in [0.3, 0.4) is 0 Å². The number of amides is 1. The Kier molecular flexibility index (Phi) is 5.93. The zero-order valence-corrected chi connectivity index (χ0v) is 18.1. The van der Waals surface area contributed by atoms with Crippen LogP contribution in [-0.2, 0) is 21.7 Å². The predicted octanol–water partition coefficient (Wildman–Crippen LogP) is 2.87. The van der Waals surface area contributed by atoms with Gasteiger partial charge in [-0.15, -0.1) is 0 Å². The number of nitrogens with zero attached hydrogens (tertiary/aromatic N) is 4. The summed E-state index contributed by atoms with van der Waals surface area (Å²) in [6.07, 6.45) is 8.31. The molecule has 1 saturated heterocycles. The SMILES string of the molecule is Cc1c(F)ccc2c1C1(CCN(CC(CN3C=CCC=N3)C(=O)N(C)C)CC1)OC2. The fourth-order valence-electron chi connectivity index (χ4n) is 4.93. The molecular weight excluding hydrogens is 383 g/mol. The van der Waals surface area contributed by atoms with Gasteiger partial charge in [0.2, 0.25) is 5.91 Å². The van der Waals surface area contributed by atoms with E-state index in [0.717, 1.165) is 43.5 Å². The standard InChI is InChI=1S/C23H31FN4O2/c1-17-20(24)7-6-18-16-30-23(21(17)18)8-12-27(13-9-23)14-19(22(29)26(2)3)15-28-11-5-4-10-25-28/h5-7,10-11,19H,4,8-9,12-16H2,1-3H3. The molecule has 1 unspecified atom stereocenters. The lowest BCUT2D eigenvalue weighted by Gasteiger charge is -2.41. The number of hydrazone groups is 1. The van der Waals surface area contributed by atoms with Gasteiger partial charge in [-0.3, -0.25) is 9.80 Å². The van der Waals surface area contributed by atoms with Crippen molar-refractivity contribution in [1.82, 2.24) is 14.8 Å². The molecule has 1 fully saturated rings. The predicted molar refractivity (Wildman–Crippen MR) is 114 cm³/mol. The molecule has 6 nitrogen and oxygen atoms in total. The summed E-state index contributed by atoms with van der Waals surface area (Å²) in [5.41, 5.74) is 2.49. The smallest absolute Gasteiger partial charge is 0.228 e. The number of hydrogen-bond donors (Lipinski definition) is 0. The van der Waals surface area contributed by atoms with Crippen LogP contribution in [0, 0.1) is 18.7 Å². The lowest BCUT2D eigenvalue weighted by atomic mass is 9.81. The number of piperidine rings is 1. The fourth-order valence-corrected chi connectivity index (χ4v) is 4.93. The highest BCUT2D eigenvalue weighted by Crippen LogP contribution is 2.46. The average Bonchev–Trinajstić information content (AvgIpc) is 3.11. The minimum Gasteiger partial charge on any atom is -0.365 e. The number of halogens is 1. The highest BCUT2D eigenvalue weighted by Gasteiger charge is 2.44. The summed E-state index contributed by atoms with van der Waals surface area (Å²) in [6.45, 7) is 5.31. The molecule has 3 heterocycles. The van der Waals surface area contributed by atoms with E-state index in [1.165, 1.54) is 0 Å². The molecule has 1 spiro atoms. The van der Waals surface area contributed by atoms with Gasteiger partial charge in [0.05, 0.1) is 24.7 Å². The van der Waals surface area contributed by atoms with Crippen LogP contribution in [0.4, 0.5) is 4.39 Å². The van der Waals surface area contributed by atoms with Gasteiger partial charge in [0.1, 0.15) is 5.82 Å². The average molecular weight is 415 g/mol. The molecule has 1 atom stereocenters. The van der Waals surface area contributed by atoms with Crippen LogP contribution in [-0.4, -0.2) is 67.2 Å². The summed E-state index contributed by atoms with van der Waals surface area (Å²) >= 11 is 0. The van der Waals surface area contributed by atoms with Crippen LogP contribution in [0.1, 0.15) is 36.0 Å². The Hall–Kier alpha value is -2.25. The third kappa shape index (κ3) is 4.01. The maximum atomic E-state index is 14.2. The van der Waals surface area contributed by atoms with Crippen molar-refractivity contribution in [3.8, 4) is 0 Å². The van der Waals surface area contributed by atoms with E-state index < -0.39 is 0 Å². The molecule has 0 saturated carbocycles. The molecule has 30 heavy (non-hydrogen) atoms. The number of hydrogen-bond acceptors (Lipinski definition) is 5. The van der Waals surface area contributed by atoms with E-state index in [1.807, 2.05) is 36.5 Å². The van der Waals surface area contributed by atoms with Crippen molar-refractivity contribution in [3.05, 3.63) is 46.9 Å². The second kappa shape index (κ2) is 8.47. The number of ether oxygens (including phenoxy) is 1. The molecule has 7 heteroatoms. The maximum Gasteiger partial charge on any atom is 0.228 e. The number of rotatable bonds is 5. The van der Waals surface area contributed by atoms with Gasteiger partial charge in [0.25, 0.3) is 0 Å². The zero-order valence-electron chi connectivity index (χ0n) is 18.1. The normalized spacial score (nSPS) is 21.1. The van der Waals surface area contributed by atoms with E-state index >= 15 is 0 Å². The minimum atomic E-state index is -0.390. The largest absolute Gasteiger partial charge is 0.365 e. The Morgan fingerprint density at radius 1 is 1.30 bits per heavy atom. The molecule has 3 aliphatic heterocycles. The third-order valence-corrected chi connectivity index (χ3v) is 6.53. The van der Waals surface area contributed by atoms with Crippen molar-refractivity contribution in [2.45, 2.75) is 38.4 Å². The van der Waals surface area contributed by atoms with Gasteiger partial charge in [-0.2, -0.15) is 5.10 Å². The number of carbonyl (C=O) groups is 1. The minimum absolute atomic E-state index is 0.116. The number of allylic oxidation sites excluding steroid dienone is 1. The first-order valence-electron chi connectivity index (χ1n) is 10.7. The van der Waals surface area contributed by atoms with Gasteiger partial charge in [-0.05, 0) is 42.5 Å². The van der Waals surface area contributed by atoms with Crippen molar-refractivity contribution in [2.75, 3.05) is 40.3 Å². The van der Waals surface area contributed by atoms with Crippen molar-refractivity contribution < 1.29 is 13.9 Å². The Balaban J connectivity index is 1.44. The van der Waals surface area contributed by atoms with E-state index in [4.69, 9.17) is 4.74 Å². The number of fused-ring (bicyclic) bond motifs is 2. The topological polar surface area (TPSA) is 48.4 Å². The number of likely N-dealkylation sites (tertiary alicyclic amines) is 1. The maximum absolute atomic E-state index is 14.2. The molecule has 1 amide bonds. The van der Waals surface area contributed by atoms with E-state index in [9.17, 15) is 9.18 Å². The first-order valence-corrected chi connectivity index (χ1v) is 10.7. The lowest BCUT2D eigenvalue weighted by Crippen LogP contribution is -2.48. The lowest BCUT2D eigenvalue weighted by molar-refractivity contribution is -0.134. The molecule has 1 aromatic rings. The van der Waals surface area contributed by atoms with Gasteiger partial charge in [0, 0.05) is 52.6 Å². The second-order valence-corrected chi connectivity index (χ2v) is 8.76. The Morgan fingerprint density at radius 2 is 2.07 bits per heavy atom. The Labute approximate surface area is 178 Å². The van der Waals surface area contributed by atoms with Crippen LogP contribution in [0.25, 0.3) is 0 Å². The summed E-state index contributed by atoms with van der Waals surface area (Å²) in [5, 5.41) is 6.23. The Bertz CT molecular complexity index is 847. The third-order valence-electron chi connectivity index (χ3n) is 6.53. The summed E-state index contributed by atoms with van der Waals surface area (Å²) in [6, 6.07) is 3.40. The molecule has 0 bridgehead atoms. The Morgan fingerprint density at radius 3 is 2.73 bits per heavy atom. The van der Waals surface area contributed by atoms with E-state index in [0.29, 0.717) is 25.3 Å². The monoisotopic (exact) mass is 414 g/mol. The second-order valence-electron chi connectivity index (χ2n) is 8.76. The van der Waals surface area contributed by atoms with E-state index in [-0.39, 0.29) is 23.2 Å². The van der Waals surface area contributed by atoms with Gasteiger partial charge in [-0.1, -0.05) is 12.1 Å². The zero-order chi connectivity index (χ0) is 21.3. The summed E-state index contributed by atoms with van der Waals surface area (Å²) in [7, 11) is 3.60.